The molecule has 0 spiro atoms. The van der Waals surface area contributed by atoms with E-state index in [1.807, 2.05) is 12.1 Å². The zero-order valence-electron chi connectivity index (χ0n) is 12.2. The SMILES string of the molecule is CC(CNC(=O)COc1ccccc1N)C(C)(C)C. The van der Waals surface area contributed by atoms with E-state index in [1.54, 1.807) is 12.1 Å². The molecule has 4 nitrogen and oxygen atoms in total. The lowest BCUT2D eigenvalue weighted by Gasteiger charge is -2.27. The van der Waals surface area contributed by atoms with Gasteiger partial charge in [0.1, 0.15) is 5.75 Å². The van der Waals surface area contributed by atoms with Crippen LogP contribution in [0.2, 0.25) is 0 Å². The van der Waals surface area contributed by atoms with Gasteiger partial charge in [-0.2, -0.15) is 0 Å². The van der Waals surface area contributed by atoms with Crippen LogP contribution >= 0.6 is 0 Å². The molecule has 0 fully saturated rings. The molecule has 1 aromatic carbocycles. The zero-order chi connectivity index (χ0) is 14.5. The quantitative estimate of drug-likeness (QED) is 0.803. The summed E-state index contributed by atoms with van der Waals surface area (Å²) in [5.74, 6) is 0.819. The Labute approximate surface area is 115 Å². The number of para-hydroxylation sites is 2. The van der Waals surface area contributed by atoms with Gasteiger partial charge in [0.05, 0.1) is 5.69 Å². The maximum absolute atomic E-state index is 11.7. The molecule has 19 heavy (non-hydrogen) atoms. The van der Waals surface area contributed by atoms with E-state index in [4.69, 9.17) is 10.5 Å². The fraction of sp³-hybridized carbons (Fsp3) is 0.533. The molecule has 0 aromatic heterocycles. The lowest BCUT2D eigenvalue weighted by Crippen LogP contribution is -2.36. The van der Waals surface area contributed by atoms with Crippen molar-refractivity contribution in [1.29, 1.82) is 0 Å². The van der Waals surface area contributed by atoms with Gasteiger partial charge in [0.2, 0.25) is 0 Å². The van der Waals surface area contributed by atoms with Gasteiger partial charge in [-0.25, -0.2) is 0 Å². The Bertz CT molecular complexity index is 424. The van der Waals surface area contributed by atoms with Gasteiger partial charge in [0, 0.05) is 6.54 Å². The van der Waals surface area contributed by atoms with Gasteiger partial charge in [0.15, 0.2) is 6.61 Å². The van der Waals surface area contributed by atoms with Crippen LogP contribution in [-0.2, 0) is 4.79 Å². The van der Waals surface area contributed by atoms with Crippen molar-refractivity contribution in [3.05, 3.63) is 24.3 Å². The van der Waals surface area contributed by atoms with Crippen LogP contribution in [0.5, 0.6) is 5.75 Å². The fourth-order valence-corrected chi connectivity index (χ4v) is 1.38. The molecule has 3 N–H and O–H groups in total. The lowest BCUT2D eigenvalue weighted by atomic mass is 9.82. The highest BCUT2D eigenvalue weighted by Gasteiger charge is 2.20. The fourth-order valence-electron chi connectivity index (χ4n) is 1.38. The van der Waals surface area contributed by atoms with Crippen LogP contribution in [0.1, 0.15) is 27.7 Å². The summed E-state index contributed by atoms with van der Waals surface area (Å²) in [6, 6.07) is 7.15. The predicted molar refractivity (Wildman–Crippen MR) is 78.0 cm³/mol. The molecule has 106 valence electrons. The molecule has 0 bridgehead atoms. The van der Waals surface area contributed by atoms with Crippen LogP contribution in [0.4, 0.5) is 5.69 Å². The van der Waals surface area contributed by atoms with Gasteiger partial charge in [-0.15, -0.1) is 0 Å². The number of nitrogens with one attached hydrogen (secondary N) is 1. The number of carbonyl (C=O) groups excluding carboxylic acids is 1. The first-order valence-electron chi connectivity index (χ1n) is 6.54. The molecule has 1 unspecified atom stereocenters. The van der Waals surface area contributed by atoms with E-state index in [0.717, 1.165) is 0 Å². The molecule has 0 saturated carbocycles. The van der Waals surface area contributed by atoms with Crippen molar-refractivity contribution in [3.63, 3.8) is 0 Å². The van der Waals surface area contributed by atoms with Gasteiger partial charge in [-0.1, -0.05) is 39.8 Å². The number of anilines is 1. The number of hydrogen-bond acceptors (Lipinski definition) is 3. The second kappa shape index (κ2) is 6.45. The first-order chi connectivity index (χ1) is 8.80. The van der Waals surface area contributed by atoms with Crippen molar-refractivity contribution in [2.24, 2.45) is 11.3 Å². The molecule has 0 saturated heterocycles. The van der Waals surface area contributed by atoms with Crippen LogP contribution in [0.25, 0.3) is 0 Å². The van der Waals surface area contributed by atoms with E-state index in [0.29, 0.717) is 23.9 Å². The molecule has 0 aliphatic heterocycles. The second-order valence-corrected chi connectivity index (χ2v) is 5.90. The van der Waals surface area contributed by atoms with Gasteiger partial charge in [0.25, 0.3) is 5.91 Å². The maximum Gasteiger partial charge on any atom is 0.257 e. The van der Waals surface area contributed by atoms with Crippen molar-refractivity contribution in [2.75, 3.05) is 18.9 Å². The first-order valence-corrected chi connectivity index (χ1v) is 6.54. The third kappa shape index (κ3) is 5.20. The maximum atomic E-state index is 11.7. The van der Waals surface area contributed by atoms with Crippen molar-refractivity contribution < 1.29 is 9.53 Å². The van der Waals surface area contributed by atoms with E-state index in [9.17, 15) is 4.79 Å². The second-order valence-electron chi connectivity index (χ2n) is 5.90. The van der Waals surface area contributed by atoms with Crippen molar-refractivity contribution in [1.82, 2.24) is 5.32 Å². The largest absolute Gasteiger partial charge is 0.482 e. The van der Waals surface area contributed by atoms with E-state index in [-0.39, 0.29) is 17.9 Å². The molecule has 0 heterocycles. The smallest absolute Gasteiger partial charge is 0.257 e. The summed E-state index contributed by atoms with van der Waals surface area (Å²) in [7, 11) is 0. The van der Waals surface area contributed by atoms with Crippen LogP contribution in [-0.4, -0.2) is 19.1 Å². The number of hydrogen-bond donors (Lipinski definition) is 2. The highest BCUT2D eigenvalue weighted by atomic mass is 16.5. The van der Waals surface area contributed by atoms with Crippen molar-refractivity contribution >= 4 is 11.6 Å². The highest BCUT2D eigenvalue weighted by molar-refractivity contribution is 5.77. The molecule has 0 radical (unpaired) electrons. The monoisotopic (exact) mass is 264 g/mol. The summed E-state index contributed by atoms with van der Waals surface area (Å²) < 4.78 is 5.38. The van der Waals surface area contributed by atoms with E-state index >= 15 is 0 Å². The predicted octanol–water partition coefficient (Wildman–Crippen LogP) is 2.45. The minimum absolute atomic E-state index is 0.00885. The number of carbonyl (C=O) groups is 1. The minimum atomic E-state index is -0.126. The molecule has 0 aliphatic carbocycles. The Kier molecular flexibility index (Phi) is 5.21. The Morgan fingerprint density at radius 2 is 2.00 bits per heavy atom. The summed E-state index contributed by atoms with van der Waals surface area (Å²) in [5.41, 5.74) is 6.45. The normalized spacial score (nSPS) is 12.8. The van der Waals surface area contributed by atoms with Crippen molar-refractivity contribution in [3.8, 4) is 5.75 Å². The number of nitrogens with two attached hydrogens (primary N) is 1. The number of amides is 1. The van der Waals surface area contributed by atoms with Crippen LogP contribution < -0.4 is 15.8 Å². The molecular formula is C15H24N2O2. The van der Waals surface area contributed by atoms with Gasteiger partial charge < -0.3 is 15.8 Å². The summed E-state index contributed by atoms with van der Waals surface area (Å²) in [5, 5.41) is 2.87. The van der Waals surface area contributed by atoms with Gasteiger partial charge in [-0.05, 0) is 23.5 Å². The summed E-state index contributed by atoms with van der Waals surface area (Å²) in [6.07, 6.45) is 0. The number of ether oxygens (including phenoxy) is 1. The van der Waals surface area contributed by atoms with Crippen LogP contribution in [0.15, 0.2) is 24.3 Å². The molecule has 1 aromatic rings. The highest BCUT2D eigenvalue weighted by Crippen LogP contribution is 2.24. The molecule has 1 atom stereocenters. The Morgan fingerprint density at radius 3 is 2.58 bits per heavy atom. The lowest BCUT2D eigenvalue weighted by molar-refractivity contribution is -0.123. The van der Waals surface area contributed by atoms with E-state index in [1.165, 1.54) is 0 Å². The zero-order valence-corrected chi connectivity index (χ0v) is 12.2. The average molecular weight is 264 g/mol. The van der Waals surface area contributed by atoms with Crippen molar-refractivity contribution in [2.45, 2.75) is 27.7 Å². The van der Waals surface area contributed by atoms with Crippen LogP contribution in [0, 0.1) is 11.3 Å². The average Bonchev–Trinajstić information content (AvgIpc) is 2.33. The standard InChI is InChI=1S/C15H24N2O2/c1-11(15(2,3)4)9-17-14(18)10-19-13-8-6-5-7-12(13)16/h5-8,11H,9-10,16H2,1-4H3,(H,17,18). The summed E-state index contributed by atoms with van der Waals surface area (Å²) in [4.78, 5) is 11.7. The van der Waals surface area contributed by atoms with Crippen LogP contribution in [0.3, 0.4) is 0 Å². The molecule has 0 aliphatic rings. The third-order valence-corrected chi connectivity index (χ3v) is 3.36. The molecular weight excluding hydrogens is 240 g/mol. The molecule has 1 rings (SSSR count). The van der Waals surface area contributed by atoms with Gasteiger partial charge >= 0.3 is 0 Å². The topological polar surface area (TPSA) is 64.3 Å². The van der Waals surface area contributed by atoms with Gasteiger partial charge in [-0.3, -0.25) is 4.79 Å². The molecule has 4 heteroatoms. The third-order valence-electron chi connectivity index (χ3n) is 3.36. The summed E-state index contributed by atoms with van der Waals surface area (Å²) in [6.45, 7) is 9.23. The number of nitrogen functional groups attached to an aromatic ring is 1. The minimum Gasteiger partial charge on any atom is -0.482 e. The Hall–Kier alpha value is -1.71. The number of benzene rings is 1. The number of rotatable bonds is 5. The Balaban J connectivity index is 2.35. The van der Waals surface area contributed by atoms with E-state index in [2.05, 4.69) is 33.0 Å². The first kappa shape index (κ1) is 15.3. The molecule has 1 amide bonds. The Morgan fingerprint density at radius 1 is 1.37 bits per heavy atom. The van der Waals surface area contributed by atoms with E-state index < -0.39 is 0 Å². The summed E-state index contributed by atoms with van der Waals surface area (Å²) >= 11 is 0.